The van der Waals surface area contributed by atoms with Gasteiger partial charge in [-0.15, -0.1) is 0 Å². The fourth-order valence-electron chi connectivity index (χ4n) is 1.76. The van der Waals surface area contributed by atoms with Gasteiger partial charge < -0.3 is 10.4 Å². The first kappa shape index (κ1) is 12.3. The maximum atomic E-state index is 12.6. The SMILES string of the molecule is OCC1(CNC/C=C/c2ccc(F)cc2)CC1. The molecule has 2 nitrogen and oxygen atoms in total. The standard InChI is InChI=1S/C14H18FNO/c15-13-5-3-12(4-6-13)2-1-9-16-10-14(11-17)7-8-14/h1-6,16-17H,7-11H2/b2-1+. The molecule has 2 rings (SSSR count). The Morgan fingerprint density at radius 3 is 2.59 bits per heavy atom. The van der Waals surface area contributed by atoms with Crippen LogP contribution >= 0.6 is 0 Å². The first-order valence-electron chi connectivity index (χ1n) is 5.98. The first-order valence-corrected chi connectivity index (χ1v) is 5.98. The predicted molar refractivity (Wildman–Crippen MR) is 67.1 cm³/mol. The van der Waals surface area contributed by atoms with Crippen LogP contribution in [0, 0.1) is 11.2 Å². The van der Waals surface area contributed by atoms with Gasteiger partial charge in [-0.1, -0.05) is 24.3 Å². The molecule has 1 aromatic carbocycles. The molecule has 0 spiro atoms. The van der Waals surface area contributed by atoms with Crippen molar-refractivity contribution in [3.63, 3.8) is 0 Å². The molecule has 0 saturated heterocycles. The van der Waals surface area contributed by atoms with Crippen LogP contribution in [-0.2, 0) is 0 Å². The Morgan fingerprint density at radius 1 is 1.29 bits per heavy atom. The largest absolute Gasteiger partial charge is 0.396 e. The zero-order chi connectivity index (χ0) is 12.1. The van der Waals surface area contributed by atoms with Crippen molar-refractivity contribution in [3.05, 3.63) is 41.7 Å². The third-order valence-corrected chi connectivity index (χ3v) is 3.24. The van der Waals surface area contributed by atoms with Crippen LogP contribution in [0.25, 0.3) is 6.08 Å². The molecule has 0 amide bonds. The molecule has 0 radical (unpaired) electrons. The second-order valence-corrected chi connectivity index (χ2v) is 4.74. The van der Waals surface area contributed by atoms with Gasteiger partial charge in [0.25, 0.3) is 0 Å². The second kappa shape index (κ2) is 5.43. The third-order valence-electron chi connectivity index (χ3n) is 3.24. The maximum Gasteiger partial charge on any atom is 0.123 e. The number of nitrogens with one attached hydrogen (secondary N) is 1. The van der Waals surface area contributed by atoms with Gasteiger partial charge in [-0.2, -0.15) is 0 Å². The van der Waals surface area contributed by atoms with Gasteiger partial charge >= 0.3 is 0 Å². The molecule has 0 aromatic heterocycles. The van der Waals surface area contributed by atoms with E-state index < -0.39 is 0 Å². The minimum atomic E-state index is -0.209. The molecular formula is C14H18FNO. The normalized spacial score (nSPS) is 17.5. The number of benzene rings is 1. The zero-order valence-electron chi connectivity index (χ0n) is 9.82. The molecule has 1 aliphatic rings. The van der Waals surface area contributed by atoms with Gasteiger partial charge in [-0.3, -0.25) is 0 Å². The smallest absolute Gasteiger partial charge is 0.123 e. The zero-order valence-corrected chi connectivity index (χ0v) is 9.82. The molecule has 0 heterocycles. The Balaban J connectivity index is 1.69. The van der Waals surface area contributed by atoms with Crippen LogP contribution < -0.4 is 5.32 Å². The molecular weight excluding hydrogens is 217 g/mol. The highest BCUT2D eigenvalue weighted by atomic mass is 19.1. The fraction of sp³-hybridized carbons (Fsp3) is 0.429. The highest BCUT2D eigenvalue weighted by Gasteiger charge is 2.41. The molecule has 17 heavy (non-hydrogen) atoms. The van der Waals surface area contributed by atoms with Crippen molar-refractivity contribution in [1.82, 2.24) is 5.32 Å². The van der Waals surface area contributed by atoms with Crippen LogP contribution in [0.15, 0.2) is 30.3 Å². The van der Waals surface area contributed by atoms with E-state index >= 15 is 0 Å². The number of aliphatic hydroxyl groups excluding tert-OH is 1. The van der Waals surface area contributed by atoms with Gasteiger partial charge in [-0.05, 0) is 30.5 Å². The van der Waals surface area contributed by atoms with Crippen LogP contribution in [0.5, 0.6) is 0 Å². The Bertz CT molecular complexity index is 382. The van der Waals surface area contributed by atoms with Crippen LogP contribution in [0.2, 0.25) is 0 Å². The van der Waals surface area contributed by atoms with Crippen molar-refractivity contribution in [2.24, 2.45) is 5.41 Å². The maximum absolute atomic E-state index is 12.6. The van der Waals surface area contributed by atoms with Crippen LogP contribution in [-0.4, -0.2) is 24.8 Å². The topological polar surface area (TPSA) is 32.3 Å². The monoisotopic (exact) mass is 235 g/mol. The molecule has 92 valence electrons. The highest BCUT2D eigenvalue weighted by Crippen LogP contribution is 2.44. The summed E-state index contributed by atoms with van der Waals surface area (Å²) in [7, 11) is 0. The third kappa shape index (κ3) is 3.65. The Morgan fingerprint density at radius 2 is 2.00 bits per heavy atom. The predicted octanol–water partition coefficient (Wildman–Crippen LogP) is 2.20. The van der Waals surface area contributed by atoms with Crippen molar-refractivity contribution in [3.8, 4) is 0 Å². The summed E-state index contributed by atoms with van der Waals surface area (Å²) in [4.78, 5) is 0. The van der Waals surface area contributed by atoms with Gasteiger partial charge in [0.2, 0.25) is 0 Å². The lowest BCUT2D eigenvalue weighted by molar-refractivity contribution is 0.209. The quantitative estimate of drug-likeness (QED) is 0.741. The lowest BCUT2D eigenvalue weighted by Crippen LogP contribution is -2.26. The molecule has 0 atom stereocenters. The molecule has 2 N–H and O–H groups in total. The van der Waals surface area contributed by atoms with E-state index in [1.165, 1.54) is 12.1 Å². The van der Waals surface area contributed by atoms with E-state index in [9.17, 15) is 4.39 Å². The Labute approximate surface area is 101 Å². The summed E-state index contributed by atoms with van der Waals surface area (Å²) in [6.45, 7) is 1.93. The van der Waals surface area contributed by atoms with Crippen molar-refractivity contribution in [2.75, 3.05) is 19.7 Å². The van der Waals surface area contributed by atoms with Gasteiger partial charge in [0, 0.05) is 25.1 Å². The van der Waals surface area contributed by atoms with Gasteiger partial charge in [0.05, 0.1) is 0 Å². The molecule has 0 unspecified atom stereocenters. The highest BCUT2D eigenvalue weighted by molar-refractivity contribution is 5.48. The summed E-state index contributed by atoms with van der Waals surface area (Å²) < 4.78 is 12.6. The van der Waals surface area contributed by atoms with E-state index in [0.717, 1.165) is 31.5 Å². The molecule has 1 saturated carbocycles. The summed E-state index contributed by atoms with van der Waals surface area (Å²) in [5.41, 5.74) is 1.15. The van der Waals surface area contributed by atoms with Crippen LogP contribution in [0.4, 0.5) is 4.39 Å². The van der Waals surface area contributed by atoms with Gasteiger partial charge in [-0.25, -0.2) is 4.39 Å². The van der Waals surface area contributed by atoms with Crippen molar-refractivity contribution < 1.29 is 9.50 Å². The molecule has 3 heteroatoms. The van der Waals surface area contributed by atoms with Crippen molar-refractivity contribution >= 4 is 6.08 Å². The minimum Gasteiger partial charge on any atom is -0.396 e. The summed E-state index contributed by atoms with van der Waals surface area (Å²) in [6, 6.07) is 6.42. The van der Waals surface area contributed by atoms with Gasteiger partial charge in [0.15, 0.2) is 0 Å². The average molecular weight is 235 g/mol. The summed E-state index contributed by atoms with van der Waals surface area (Å²) in [5, 5.41) is 12.4. The second-order valence-electron chi connectivity index (χ2n) is 4.74. The number of rotatable bonds is 6. The summed E-state index contributed by atoms with van der Waals surface area (Å²) in [5.74, 6) is -0.209. The minimum absolute atomic E-state index is 0.156. The van der Waals surface area contributed by atoms with Gasteiger partial charge in [0.1, 0.15) is 5.82 Å². The lowest BCUT2D eigenvalue weighted by Gasteiger charge is -2.10. The molecule has 0 aliphatic heterocycles. The van der Waals surface area contributed by atoms with E-state index in [1.54, 1.807) is 12.1 Å². The van der Waals surface area contributed by atoms with E-state index in [2.05, 4.69) is 5.32 Å². The van der Waals surface area contributed by atoms with E-state index in [4.69, 9.17) is 5.11 Å². The van der Waals surface area contributed by atoms with Crippen LogP contribution in [0.1, 0.15) is 18.4 Å². The average Bonchev–Trinajstić information content (AvgIpc) is 3.12. The number of halogens is 1. The fourth-order valence-corrected chi connectivity index (χ4v) is 1.76. The van der Waals surface area contributed by atoms with E-state index in [-0.39, 0.29) is 17.8 Å². The van der Waals surface area contributed by atoms with E-state index in [1.807, 2.05) is 12.2 Å². The molecule has 1 fully saturated rings. The molecule has 1 aromatic rings. The van der Waals surface area contributed by atoms with E-state index in [0.29, 0.717) is 0 Å². The summed E-state index contributed by atoms with van der Waals surface area (Å²) in [6.07, 6.45) is 6.22. The van der Waals surface area contributed by atoms with Crippen LogP contribution in [0.3, 0.4) is 0 Å². The lowest BCUT2D eigenvalue weighted by atomic mass is 10.1. The number of aliphatic hydroxyl groups is 1. The number of hydrogen-bond donors (Lipinski definition) is 2. The first-order chi connectivity index (χ1) is 8.24. The van der Waals surface area contributed by atoms with Crippen molar-refractivity contribution in [1.29, 1.82) is 0 Å². The number of hydrogen-bond acceptors (Lipinski definition) is 2. The Kier molecular flexibility index (Phi) is 3.92. The Hall–Kier alpha value is -1.19. The summed E-state index contributed by atoms with van der Waals surface area (Å²) >= 11 is 0. The van der Waals surface area contributed by atoms with Crippen molar-refractivity contribution in [2.45, 2.75) is 12.8 Å². The molecule has 1 aliphatic carbocycles. The molecule has 0 bridgehead atoms.